The van der Waals surface area contributed by atoms with E-state index in [9.17, 15) is 14.4 Å². The number of nitrogens with one attached hydrogen (secondary N) is 2. The fourth-order valence-electron chi connectivity index (χ4n) is 3.76. The molecule has 0 spiro atoms. The van der Waals surface area contributed by atoms with Gasteiger partial charge in [0, 0.05) is 31.4 Å². The highest BCUT2D eigenvalue weighted by molar-refractivity contribution is 5.85. The van der Waals surface area contributed by atoms with E-state index in [1.54, 1.807) is 0 Å². The van der Waals surface area contributed by atoms with Gasteiger partial charge in [-0.3, -0.25) is 18.7 Å². The van der Waals surface area contributed by atoms with E-state index in [0.717, 1.165) is 10.1 Å². The van der Waals surface area contributed by atoms with Gasteiger partial charge >= 0.3 is 5.69 Å². The molecule has 1 amide bonds. The van der Waals surface area contributed by atoms with Crippen molar-refractivity contribution >= 4 is 18.3 Å². The van der Waals surface area contributed by atoms with Crippen molar-refractivity contribution in [2.45, 2.75) is 57.7 Å². The van der Waals surface area contributed by atoms with Crippen LogP contribution in [0.1, 0.15) is 44.1 Å². The van der Waals surface area contributed by atoms with Crippen LogP contribution in [0.2, 0.25) is 0 Å². The van der Waals surface area contributed by atoms with Crippen LogP contribution < -0.4 is 21.9 Å². The molecule has 1 fully saturated rings. The zero-order valence-electron chi connectivity index (χ0n) is 17.2. The lowest BCUT2D eigenvalue weighted by molar-refractivity contribution is -0.121. The molecule has 7 nitrogen and oxygen atoms in total. The Morgan fingerprint density at radius 3 is 2.37 bits per heavy atom. The van der Waals surface area contributed by atoms with Crippen LogP contribution in [-0.2, 0) is 17.9 Å². The Morgan fingerprint density at radius 2 is 1.67 bits per heavy atom. The summed E-state index contributed by atoms with van der Waals surface area (Å²) in [5, 5.41) is 6.29. The van der Waals surface area contributed by atoms with Gasteiger partial charge in [0.15, 0.2) is 0 Å². The summed E-state index contributed by atoms with van der Waals surface area (Å²) < 4.78 is 2.43. The first-order valence-electron chi connectivity index (χ1n) is 10.5. The molecule has 1 aromatic carbocycles. The molecule has 2 N–H and O–H groups in total. The minimum absolute atomic E-state index is 0. The highest BCUT2D eigenvalue weighted by atomic mass is 35.5. The highest BCUT2D eigenvalue weighted by Crippen LogP contribution is 2.16. The minimum atomic E-state index is -0.479. The maximum atomic E-state index is 12.6. The lowest BCUT2D eigenvalue weighted by Gasteiger charge is -2.16. The topological polar surface area (TPSA) is 85.1 Å². The van der Waals surface area contributed by atoms with Crippen LogP contribution in [0.4, 0.5) is 0 Å². The number of carbonyl (C=O) groups excluding carboxylic acids is 1. The van der Waals surface area contributed by atoms with Crippen LogP contribution in [0.15, 0.2) is 52.2 Å². The number of halogens is 1. The lowest BCUT2D eigenvalue weighted by Crippen LogP contribution is -2.44. The van der Waals surface area contributed by atoms with Crippen molar-refractivity contribution < 1.29 is 4.79 Å². The van der Waals surface area contributed by atoms with Gasteiger partial charge in [0.05, 0.1) is 6.54 Å². The van der Waals surface area contributed by atoms with Crippen molar-refractivity contribution in [3.05, 3.63) is 69.0 Å². The molecule has 0 unspecified atom stereocenters. The summed E-state index contributed by atoms with van der Waals surface area (Å²) >= 11 is 0. The van der Waals surface area contributed by atoms with Gasteiger partial charge < -0.3 is 10.6 Å². The van der Waals surface area contributed by atoms with Gasteiger partial charge in [-0.2, -0.15) is 0 Å². The summed E-state index contributed by atoms with van der Waals surface area (Å²) in [7, 11) is 0. The maximum absolute atomic E-state index is 12.6. The second-order valence-electron chi connectivity index (χ2n) is 7.63. The molecule has 2 aromatic rings. The maximum Gasteiger partial charge on any atom is 0.331 e. The third-order valence-corrected chi connectivity index (χ3v) is 5.37. The van der Waals surface area contributed by atoms with E-state index >= 15 is 0 Å². The van der Waals surface area contributed by atoms with E-state index in [0.29, 0.717) is 25.7 Å². The Kier molecular flexibility index (Phi) is 9.83. The van der Waals surface area contributed by atoms with E-state index in [2.05, 4.69) is 10.6 Å². The number of hydrogen-bond acceptors (Lipinski definition) is 4. The number of rotatable bonds is 8. The molecule has 8 heteroatoms. The third kappa shape index (κ3) is 7.15. The molecule has 1 aliphatic rings. The normalized spacial score (nSPS) is 14.5. The molecule has 1 saturated carbocycles. The minimum Gasteiger partial charge on any atom is -0.353 e. The van der Waals surface area contributed by atoms with Crippen molar-refractivity contribution in [1.29, 1.82) is 0 Å². The van der Waals surface area contributed by atoms with E-state index in [1.807, 2.05) is 30.3 Å². The lowest BCUT2D eigenvalue weighted by atomic mass is 10.1. The summed E-state index contributed by atoms with van der Waals surface area (Å²) in [5.74, 6) is -0.329. The van der Waals surface area contributed by atoms with Crippen molar-refractivity contribution in [2.24, 2.45) is 0 Å². The van der Waals surface area contributed by atoms with Crippen LogP contribution in [0.5, 0.6) is 0 Å². The van der Waals surface area contributed by atoms with E-state index in [1.165, 1.54) is 55.4 Å². The van der Waals surface area contributed by atoms with Crippen LogP contribution >= 0.6 is 12.4 Å². The van der Waals surface area contributed by atoms with E-state index in [-0.39, 0.29) is 24.9 Å². The summed E-state index contributed by atoms with van der Waals surface area (Å²) in [5.41, 5.74) is 0.00737. The molecule has 164 valence electrons. The summed E-state index contributed by atoms with van der Waals surface area (Å²) in [4.78, 5) is 37.0. The predicted octanol–water partition coefficient (Wildman–Crippen LogP) is 1.91. The van der Waals surface area contributed by atoms with Gasteiger partial charge in [-0.1, -0.05) is 56.0 Å². The second-order valence-corrected chi connectivity index (χ2v) is 7.63. The van der Waals surface area contributed by atoms with Crippen LogP contribution in [0.25, 0.3) is 0 Å². The fraction of sp³-hybridized carbons (Fsp3) is 0.500. The molecule has 0 bridgehead atoms. The second kappa shape index (κ2) is 12.3. The quantitative estimate of drug-likeness (QED) is 0.491. The Bertz CT molecular complexity index is 903. The van der Waals surface area contributed by atoms with Crippen molar-refractivity contribution in [3.8, 4) is 0 Å². The SMILES string of the molecule is Cl.O=C(Cn1c(=O)ccn(Cc2ccccc2)c1=O)NCCNC1CCCCCC1. The molecular formula is C22H31ClN4O3. The molecule has 0 aliphatic heterocycles. The van der Waals surface area contributed by atoms with Gasteiger partial charge in [-0.05, 0) is 18.4 Å². The zero-order chi connectivity index (χ0) is 20.5. The fourth-order valence-corrected chi connectivity index (χ4v) is 3.76. The molecule has 0 radical (unpaired) electrons. The standard InChI is InChI=1S/C22H30N4O3.ClH/c27-20(24-14-13-23-19-10-6-1-2-7-11-19)17-26-21(28)12-15-25(22(26)29)16-18-8-4-3-5-9-18;/h3-5,8-9,12,15,19,23H,1-2,6-7,10-11,13-14,16-17H2,(H,24,27);1H. The number of benzene rings is 1. The molecule has 3 rings (SSSR count). The molecule has 30 heavy (non-hydrogen) atoms. The van der Waals surface area contributed by atoms with Crippen LogP contribution in [0.3, 0.4) is 0 Å². The summed E-state index contributed by atoms with van der Waals surface area (Å²) in [6.45, 7) is 1.26. The monoisotopic (exact) mass is 434 g/mol. The number of carbonyl (C=O) groups is 1. The first-order chi connectivity index (χ1) is 14.1. The molecule has 0 atom stereocenters. The van der Waals surface area contributed by atoms with Gasteiger partial charge in [0.25, 0.3) is 5.56 Å². The molecule has 0 saturated heterocycles. The van der Waals surface area contributed by atoms with Crippen LogP contribution in [0, 0.1) is 0 Å². The molecule has 1 aliphatic carbocycles. The van der Waals surface area contributed by atoms with Gasteiger partial charge in [-0.25, -0.2) is 4.79 Å². The Labute approximate surface area is 182 Å². The van der Waals surface area contributed by atoms with Crippen molar-refractivity contribution in [1.82, 2.24) is 19.8 Å². The smallest absolute Gasteiger partial charge is 0.331 e. The number of amides is 1. The highest BCUT2D eigenvalue weighted by Gasteiger charge is 2.12. The Balaban J connectivity index is 0.00000320. The van der Waals surface area contributed by atoms with Gasteiger partial charge in [0.1, 0.15) is 6.54 Å². The summed E-state index contributed by atoms with van der Waals surface area (Å²) in [6.07, 6.45) is 8.99. The van der Waals surface area contributed by atoms with E-state index in [4.69, 9.17) is 0 Å². The average Bonchev–Trinajstić information content (AvgIpc) is 3.00. The van der Waals surface area contributed by atoms with Crippen LogP contribution in [-0.4, -0.2) is 34.2 Å². The largest absolute Gasteiger partial charge is 0.353 e. The molecule has 1 heterocycles. The van der Waals surface area contributed by atoms with Crippen molar-refractivity contribution in [3.63, 3.8) is 0 Å². The number of hydrogen-bond donors (Lipinski definition) is 2. The van der Waals surface area contributed by atoms with Gasteiger partial charge in [0.2, 0.25) is 5.91 Å². The van der Waals surface area contributed by atoms with Crippen molar-refractivity contribution in [2.75, 3.05) is 13.1 Å². The first kappa shape index (κ1) is 23.9. The Morgan fingerprint density at radius 1 is 0.967 bits per heavy atom. The third-order valence-electron chi connectivity index (χ3n) is 5.37. The zero-order valence-corrected chi connectivity index (χ0v) is 18.0. The number of nitrogens with zero attached hydrogens (tertiary/aromatic N) is 2. The Hall–Kier alpha value is -2.38. The molecular weight excluding hydrogens is 404 g/mol. The van der Waals surface area contributed by atoms with Gasteiger partial charge in [-0.15, -0.1) is 12.4 Å². The average molecular weight is 435 g/mol. The van der Waals surface area contributed by atoms with E-state index < -0.39 is 11.2 Å². The molecule has 1 aromatic heterocycles. The first-order valence-corrected chi connectivity index (χ1v) is 10.5. The number of aromatic nitrogens is 2. The predicted molar refractivity (Wildman–Crippen MR) is 120 cm³/mol. The summed E-state index contributed by atoms with van der Waals surface area (Å²) in [6, 6.07) is 11.4.